The SMILES string of the molecule is CC(C)(C)OC1CCC(C(=O)C(C)(C)C)CC1.CC(C)(C)OC1CCC(C(=O)C(C)(C)C)CC1.CC(C)(C)OC1CCC(C(=O)C(C)(C)C)CC1.CC(C)(C)OC1CCC(C(=O)C(C)(C)C)CC1.CC(C)(C)OC1CCC(C(=O)C(C)(C)C)CC1.CC(C)(C)Oc1ccc(C(=O)C(C)(C)C)cc1. The predicted octanol–water partition coefficient (Wildman–Crippen LogP) is 24.0. The van der Waals surface area contributed by atoms with E-state index in [1.807, 2.05) is 170 Å². The topological polar surface area (TPSA) is 158 Å². The van der Waals surface area contributed by atoms with Crippen molar-refractivity contribution in [1.29, 1.82) is 0 Å². The fraction of sp³-hybridized carbons (Fsp3) is 0.867. The van der Waals surface area contributed by atoms with Gasteiger partial charge in [0.15, 0.2) is 5.78 Å². The molecule has 0 saturated heterocycles. The van der Waals surface area contributed by atoms with Gasteiger partial charge in [0.1, 0.15) is 40.3 Å². The molecule has 0 aliphatic heterocycles. The number of benzene rings is 1. The van der Waals surface area contributed by atoms with Crippen LogP contribution in [0, 0.1) is 62.1 Å². The van der Waals surface area contributed by atoms with Gasteiger partial charge in [0.05, 0.1) is 58.5 Å². The van der Waals surface area contributed by atoms with E-state index in [4.69, 9.17) is 28.4 Å². The highest BCUT2D eigenvalue weighted by atomic mass is 16.5. The fourth-order valence-corrected chi connectivity index (χ4v) is 14.2. The second kappa shape index (κ2) is 39.3. The Morgan fingerprint density at radius 2 is 0.382 bits per heavy atom. The van der Waals surface area contributed by atoms with Crippen molar-refractivity contribution < 1.29 is 57.2 Å². The van der Waals surface area contributed by atoms with Gasteiger partial charge in [-0.2, -0.15) is 0 Å². The standard InChI is InChI=1S/5C15H28O2.C15H22O2/c6*1-14(2,3)13(16)11-7-9-12(10-8-11)17-15(4,5)6/h5*11-12H,7-10H2,1-6H3;7-10H,1-6H3. The maximum atomic E-state index is 12.2. The number of ketones is 6. The first-order chi connectivity index (χ1) is 45.6. The van der Waals surface area contributed by atoms with E-state index in [0.29, 0.717) is 59.4 Å². The van der Waals surface area contributed by atoms with Crippen LogP contribution in [0.3, 0.4) is 0 Å². The molecule has 5 saturated carbocycles. The molecule has 5 fully saturated rings. The summed E-state index contributed by atoms with van der Waals surface area (Å²) in [4.78, 5) is 72.9. The van der Waals surface area contributed by atoms with Crippen molar-refractivity contribution in [3.05, 3.63) is 29.8 Å². The average Bonchev–Trinajstić information content (AvgIpc) is 0.872. The van der Waals surface area contributed by atoms with Gasteiger partial charge in [-0.25, -0.2) is 0 Å². The van der Waals surface area contributed by atoms with Crippen LogP contribution in [0.4, 0.5) is 0 Å². The van der Waals surface area contributed by atoms with Crippen LogP contribution in [0.2, 0.25) is 0 Å². The Hall–Kier alpha value is -3.16. The Morgan fingerprint density at radius 1 is 0.225 bits per heavy atom. The normalized spacial score (nSPS) is 24.5. The third kappa shape index (κ3) is 41.3. The Balaban J connectivity index is 0.000000612. The highest BCUT2D eigenvalue weighted by molar-refractivity contribution is 5.99. The number of carbonyl (C=O) groups excluding carboxylic acids is 6. The van der Waals surface area contributed by atoms with Crippen LogP contribution < -0.4 is 4.74 Å². The van der Waals surface area contributed by atoms with Crippen molar-refractivity contribution in [1.82, 2.24) is 0 Å². The second-order valence-electron chi connectivity index (χ2n) is 42.9. The van der Waals surface area contributed by atoms with Crippen LogP contribution in [0.25, 0.3) is 0 Å². The molecule has 0 heterocycles. The minimum absolute atomic E-state index is 0.0639. The zero-order valence-corrected chi connectivity index (χ0v) is 73.1. The fourth-order valence-electron chi connectivity index (χ4n) is 14.2. The number of ether oxygens (including phenoxy) is 6. The lowest BCUT2D eigenvalue weighted by Crippen LogP contribution is -2.35. The van der Waals surface area contributed by atoms with Gasteiger partial charge in [-0.05, 0) is 277 Å². The first-order valence-corrected chi connectivity index (χ1v) is 40.0. The monoisotopic (exact) mass is 1440 g/mol. The molecule has 0 radical (unpaired) electrons. The van der Waals surface area contributed by atoms with Crippen molar-refractivity contribution in [3.8, 4) is 5.75 Å². The Kier molecular flexibility index (Phi) is 37.3. The molecular formula is C90H162O12. The van der Waals surface area contributed by atoms with Crippen molar-refractivity contribution in [3.63, 3.8) is 0 Å². The number of rotatable bonds is 12. The van der Waals surface area contributed by atoms with E-state index in [9.17, 15) is 28.8 Å². The van der Waals surface area contributed by atoms with Crippen LogP contribution >= 0.6 is 0 Å². The van der Waals surface area contributed by atoms with Gasteiger partial charge in [-0.3, -0.25) is 28.8 Å². The molecule has 0 unspecified atom stereocenters. The van der Waals surface area contributed by atoms with Crippen LogP contribution in [0.1, 0.15) is 388 Å². The lowest BCUT2D eigenvalue weighted by Gasteiger charge is -2.34. The highest BCUT2D eigenvalue weighted by Gasteiger charge is 2.40. The number of hydrogen-bond acceptors (Lipinski definition) is 12. The molecule has 12 heteroatoms. The zero-order chi connectivity index (χ0) is 79.6. The minimum atomic E-state index is -0.341. The molecule has 0 bridgehead atoms. The minimum Gasteiger partial charge on any atom is -0.488 e. The lowest BCUT2D eigenvalue weighted by atomic mass is 9.75. The van der Waals surface area contributed by atoms with Gasteiger partial charge in [-0.1, -0.05) is 125 Å². The molecule has 102 heavy (non-hydrogen) atoms. The highest BCUT2D eigenvalue weighted by Crippen LogP contribution is 2.40. The van der Waals surface area contributed by atoms with E-state index in [1.54, 1.807) is 0 Å². The molecule has 0 aromatic heterocycles. The van der Waals surface area contributed by atoms with E-state index < -0.39 is 0 Å². The van der Waals surface area contributed by atoms with E-state index >= 15 is 0 Å². The Morgan fingerprint density at radius 3 is 0.500 bits per heavy atom. The molecule has 0 spiro atoms. The molecule has 0 amide bonds. The van der Waals surface area contributed by atoms with E-state index in [-0.39, 0.29) is 101 Å². The summed E-state index contributed by atoms with van der Waals surface area (Å²) in [5, 5.41) is 0. The summed E-state index contributed by atoms with van der Waals surface area (Å²) in [6.45, 7) is 73.5. The van der Waals surface area contributed by atoms with Crippen molar-refractivity contribution in [2.24, 2.45) is 62.1 Å². The smallest absolute Gasteiger partial charge is 0.168 e. The number of hydrogen-bond donors (Lipinski definition) is 0. The van der Waals surface area contributed by atoms with Crippen molar-refractivity contribution >= 4 is 34.7 Å². The van der Waals surface area contributed by atoms with Gasteiger partial charge in [-0.15, -0.1) is 0 Å². The Labute approximate surface area is 628 Å². The molecule has 5 aliphatic rings. The van der Waals surface area contributed by atoms with Gasteiger partial charge >= 0.3 is 0 Å². The summed E-state index contributed by atoms with van der Waals surface area (Å²) in [7, 11) is 0. The van der Waals surface area contributed by atoms with E-state index in [0.717, 1.165) is 140 Å². The molecule has 6 rings (SSSR count). The largest absolute Gasteiger partial charge is 0.488 e. The van der Waals surface area contributed by atoms with Gasteiger partial charge in [0.2, 0.25) is 0 Å². The van der Waals surface area contributed by atoms with Gasteiger partial charge in [0, 0.05) is 67.6 Å². The second-order valence-corrected chi connectivity index (χ2v) is 42.9. The summed E-state index contributed by atoms with van der Waals surface area (Å²) in [6.07, 6.45) is 22.0. The van der Waals surface area contributed by atoms with Crippen molar-refractivity contribution in [2.75, 3.05) is 0 Å². The molecule has 1 aromatic rings. The third-order valence-electron chi connectivity index (χ3n) is 18.7. The third-order valence-corrected chi connectivity index (χ3v) is 18.7. The number of carbonyl (C=O) groups is 6. The summed E-state index contributed by atoms with van der Waals surface area (Å²) in [5.41, 5.74) is -1.10. The molecule has 0 atom stereocenters. The van der Waals surface area contributed by atoms with Crippen LogP contribution in [0.5, 0.6) is 5.75 Å². The summed E-state index contributed by atoms with van der Waals surface area (Å²) >= 11 is 0. The quantitative estimate of drug-likeness (QED) is 0.183. The van der Waals surface area contributed by atoms with Crippen molar-refractivity contribution in [2.45, 2.75) is 442 Å². The summed E-state index contributed by atoms with van der Waals surface area (Å²) in [6, 6.07) is 7.36. The van der Waals surface area contributed by atoms with Crippen LogP contribution in [-0.2, 0) is 47.7 Å². The zero-order valence-electron chi connectivity index (χ0n) is 73.1. The molecule has 1 aromatic carbocycles. The molecule has 12 nitrogen and oxygen atoms in total. The van der Waals surface area contributed by atoms with Crippen LogP contribution in [0.15, 0.2) is 24.3 Å². The first-order valence-electron chi connectivity index (χ1n) is 40.0. The molecular weight excluding hydrogens is 1270 g/mol. The molecule has 0 N–H and O–H groups in total. The van der Waals surface area contributed by atoms with Gasteiger partial charge < -0.3 is 28.4 Å². The summed E-state index contributed by atoms with van der Waals surface area (Å²) < 4.78 is 35.6. The first kappa shape index (κ1) is 96.9. The maximum absolute atomic E-state index is 12.2. The lowest BCUT2D eigenvalue weighted by molar-refractivity contribution is -0.134. The Bertz CT molecular complexity index is 2310. The molecule has 594 valence electrons. The van der Waals surface area contributed by atoms with Crippen LogP contribution in [-0.4, -0.2) is 98.8 Å². The predicted molar refractivity (Wildman–Crippen MR) is 426 cm³/mol. The average molecular weight is 1440 g/mol. The van der Waals surface area contributed by atoms with E-state index in [1.165, 1.54) is 0 Å². The maximum Gasteiger partial charge on any atom is 0.168 e. The van der Waals surface area contributed by atoms with E-state index in [2.05, 4.69) is 104 Å². The number of Topliss-reactive ketones (excluding diaryl/α,β-unsaturated/α-hetero) is 6. The van der Waals surface area contributed by atoms with Gasteiger partial charge in [0.25, 0.3) is 0 Å². The summed E-state index contributed by atoms with van der Waals surface area (Å²) in [5.74, 6) is 4.36. The molecule has 5 aliphatic carbocycles.